The van der Waals surface area contributed by atoms with E-state index in [-0.39, 0.29) is 0 Å². The van der Waals surface area contributed by atoms with E-state index in [0.717, 1.165) is 17.8 Å². The number of aliphatic imine (C=N–C) groups is 1. The van der Waals surface area contributed by atoms with E-state index in [2.05, 4.69) is 29.1 Å². The Morgan fingerprint density at radius 3 is 2.92 bits per heavy atom. The van der Waals surface area contributed by atoms with Crippen LogP contribution in [0.5, 0.6) is 0 Å². The summed E-state index contributed by atoms with van der Waals surface area (Å²) in [5.74, 6) is 1.01. The van der Waals surface area contributed by atoms with E-state index in [1.54, 1.807) is 0 Å². The molecule has 0 aromatic carbocycles. The summed E-state index contributed by atoms with van der Waals surface area (Å²) in [6, 6.07) is 0. The molecular weight excluding hydrogens is 186 g/mol. The second-order valence-electron chi connectivity index (χ2n) is 3.12. The fourth-order valence-corrected chi connectivity index (χ4v) is 1.95. The lowest BCUT2D eigenvalue weighted by molar-refractivity contribution is 1.03. The summed E-state index contributed by atoms with van der Waals surface area (Å²) in [5, 5.41) is 3.77. The first-order chi connectivity index (χ1) is 6.24. The van der Waals surface area contributed by atoms with Gasteiger partial charge in [-0.1, -0.05) is 18.5 Å². The van der Waals surface area contributed by atoms with Gasteiger partial charge in [0.15, 0.2) is 0 Å². The number of nitrogens with zero attached hydrogens (tertiary/aromatic N) is 1. The minimum atomic E-state index is 0.564. The van der Waals surface area contributed by atoms with Gasteiger partial charge in [-0.15, -0.1) is 0 Å². The average molecular weight is 198 g/mol. The molecule has 13 heavy (non-hydrogen) atoms. The number of aromatic nitrogens is 1. The summed E-state index contributed by atoms with van der Waals surface area (Å²) in [5.41, 5.74) is 3.47. The molecule has 0 atom stereocenters. The lowest BCUT2D eigenvalue weighted by Gasteiger charge is -2.10. The van der Waals surface area contributed by atoms with Crippen LogP contribution in [0.4, 0.5) is 5.82 Å². The maximum absolute atomic E-state index is 6.01. The Morgan fingerprint density at radius 2 is 2.31 bits per heavy atom. The Balaban J connectivity index is 2.58. The van der Waals surface area contributed by atoms with Gasteiger partial charge in [-0.2, -0.15) is 0 Å². The normalized spacial score (nSPS) is 14.8. The van der Waals surface area contributed by atoms with Gasteiger partial charge < -0.3 is 10.3 Å². The molecule has 0 aliphatic carbocycles. The molecule has 0 fully saturated rings. The highest BCUT2D eigenvalue weighted by Gasteiger charge is 2.18. The van der Waals surface area contributed by atoms with Crippen molar-refractivity contribution < 1.29 is 0 Å². The third kappa shape index (κ3) is 1.23. The van der Waals surface area contributed by atoms with Crippen LogP contribution in [-0.2, 0) is 6.42 Å². The fraction of sp³-hybridized carbons (Fsp3) is 0.444. The van der Waals surface area contributed by atoms with Gasteiger partial charge in [0, 0.05) is 5.69 Å². The van der Waals surface area contributed by atoms with Crippen LogP contribution in [0.25, 0.3) is 0 Å². The van der Waals surface area contributed by atoms with Crippen LogP contribution in [0.1, 0.15) is 23.7 Å². The van der Waals surface area contributed by atoms with Crippen LogP contribution < -0.4 is 5.32 Å². The Bertz CT molecular complexity index is 365. The van der Waals surface area contributed by atoms with Crippen molar-refractivity contribution in [3.8, 4) is 0 Å². The van der Waals surface area contributed by atoms with Gasteiger partial charge >= 0.3 is 0 Å². The number of hydrogen-bond donors (Lipinski definition) is 2. The highest BCUT2D eigenvalue weighted by atomic mass is 35.5. The highest BCUT2D eigenvalue weighted by molar-refractivity contribution is 6.70. The molecule has 0 saturated heterocycles. The second kappa shape index (κ2) is 3.07. The monoisotopic (exact) mass is 197 g/mol. The lowest BCUT2D eigenvalue weighted by atomic mass is 10.1. The number of aromatic amines is 1. The van der Waals surface area contributed by atoms with Gasteiger partial charge in [-0.05, 0) is 18.9 Å². The standard InChI is InChI=1S/C9H12ClN3/c1-3-6-5(2)7-8(10)11-4-12-9(7)13-6/h12-13H,3-4H2,1-2H3. The van der Waals surface area contributed by atoms with Gasteiger partial charge in [0.05, 0.1) is 5.56 Å². The van der Waals surface area contributed by atoms with Crippen molar-refractivity contribution in [1.29, 1.82) is 0 Å². The molecule has 70 valence electrons. The Labute approximate surface area is 82.2 Å². The minimum Gasteiger partial charge on any atom is -0.352 e. The molecular formula is C9H12ClN3. The zero-order chi connectivity index (χ0) is 9.42. The smallest absolute Gasteiger partial charge is 0.136 e. The van der Waals surface area contributed by atoms with E-state index in [0.29, 0.717) is 11.8 Å². The van der Waals surface area contributed by atoms with E-state index < -0.39 is 0 Å². The molecule has 2 rings (SSSR count). The zero-order valence-electron chi connectivity index (χ0n) is 7.74. The van der Waals surface area contributed by atoms with Crippen LogP contribution in [0.3, 0.4) is 0 Å². The fourth-order valence-electron chi connectivity index (χ4n) is 1.66. The van der Waals surface area contributed by atoms with Crippen LogP contribution in [0.2, 0.25) is 0 Å². The van der Waals surface area contributed by atoms with Crippen LogP contribution >= 0.6 is 11.6 Å². The molecule has 0 bridgehead atoms. The Kier molecular flexibility index (Phi) is 2.04. The van der Waals surface area contributed by atoms with Crippen molar-refractivity contribution in [3.63, 3.8) is 0 Å². The summed E-state index contributed by atoms with van der Waals surface area (Å²) in [7, 11) is 0. The highest BCUT2D eigenvalue weighted by Crippen LogP contribution is 2.27. The molecule has 2 N–H and O–H groups in total. The average Bonchev–Trinajstić information content (AvgIpc) is 2.44. The van der Waals surface area contributed by atoms with Crippen LogP contribution in [-0.4, -0.2) is 16.8 Å². The van der Waals surface area contributed by atoms with Crippen molar-refractivity contribution in [2.24, 2.45) is 4.99 Å². The SMILES string of the molecule is CCc1[nH]c2c(c1C)C(Cl)=NCN2. The number of fused-ring (bicyclic) bond motifs is 1. The molecule has 1 aliphatic heterocycles. The van der Waals surface area contributed by atoms with Crippen LogP contribution in [0.15, 0.2) is 4.99 Å². The molecule has 1 aromatic heterocycles. The van der Waals surface area contributed by atoms with E-state index in [4.69, 9.17) is 11.6 Å². The van der Waals surface area contributed by atoms with Gasteiger partial charge in [-0.25, -0.2) is 0 Å². The van der Waals surface area contributed by atoms with Gasteiger partial charge in [0.1, 0.15) is 17.7 Å². The first-order valence-corrected chi connectivity index (χ1v) is 4.77. The van der Waals surface area contributed by atoms with Crippen molar-refractivity contribution >= 4 is 22.6 Å². The maximum atomic E-state index is 6.01. The molecule has 4 heteroatoms. The number of H-pyrrole nitrogens is 1. The zero-order valence-corrected chi connectivity index (χ0v) is 8.50. The van der Waals surface area contributed by atoms with Crippen molar-refractivity contribution in [1.82, 2.24) is 4.98 Å². The first-order valence-electron chi connectivity index (χ1n) is 4.39. The number of anilines is 1. The largest absolute Gasteiger partial charge is 0.352 e. The number of halogens is 1. The van der Waals surface area contributed by atoms with Gasteiger partial charge in [0.25, 0.3) is 0 Å². The summed E-state index contributed by atoms with van der Waals surface area (Å²) in [4.78, 5) is 7.44. The predicted molar refractivity (Wildman–Crippen MR) is 55.8 cm³/mol. The predicted octanol–water partition coefficient (Wildman–Crippen LogP) is 2.25. The quantitative estimate of drug-likeness (QED) is 0.713. The van der Waals surface area contributed by atoms with E-state index in [9.17, 15) is 0 Å². The molecule has 0 saturated carbocycles. The summed E-state index contributed by atoms with van der Waals surface area (Å²) in [6.45, 7) is 4.75. The molecule has 2 heterocycles. The van der Waals surface area contributed by atoms with Gasteiger partial charge in [0.2, 0.25) is 0 Å². The number of nitrogens with one attached hydrogen (secondary N) is 2. The summed E-state index contributed by atoms with van der Waals surface area (Å²) < 4.78 is 0. The molecule has 0 radical (unpaired) electrons. The third-order valence-corrected chi connectivity index (χ3v) is 2.70. The topological polar surface area (TPSA) is 40.2 Å². The van der Waals surface area contributed by atoms with Gasteiger partial charge in [-0.3, -0.25) is 4.99 Å². The van der Waals surface area contributed by atoms with E-state index >= 15 is 0 Å². The molecule has 1 aromatic rings. The van der Waals surface area contributed by atoms with Crippen molar-refractivity contribution in [2.75, 3.05) is 12.0 Å². The summed E-state index contributed by atoms with van der Waals surface area (Å²) in [6.07, 6.45) is 0.991. The molecule has 0 unspecified atom stereocenters. The maximum Gasteiger partial charge on any atom is 0.136 e. The van der Waals surface area contributed by atoms with Crippen LogP contribution in [0, 0.1) is 6.92 Å². The second-order valence-corrected chi connectivity index (χ2v) is 3.47. The first kappa shape index (κ1) is 8.63. The molecule has 3 nitrogen and oxygen atoms in total. The molecule has 0 amide bonds. The number of hydrogen-bond acceptors (Lipinski definition) is 2. The number of aryl methyl sites for hydroxylation is 1. The third-order valence-electron chi connectivity index (χ3n) is 2.39. The minimum absolute atomic E-state index is 0.564. The molecule has 0 spiro atoms. The van der Waals surface area contributed by atoms with E-state index in [1.807, 2.05) is 0 Å². The summed E-state index contributed by atoms with van der Waals surface area (Å²) >= 11 is 6.01. The Morgan fingerprint density at radius 1 is 1.54 bits per heavy atom. The lowest BCUT2D eigenvalue weighted by Crippen LogP contribution is -2.11. The van der Waals surface area contributed by atoms with E-state index in [1.165, 1.54) is 11.3 Å². The Hall–Kier alpha value is -0.960. The molecule has 1 aliphatic rings. The number of rotatable bonds is 1. The van der Waals surface area contributed by atoms with Crippen molar-refractivity contribution in [3.05, 3.63) is 16.8 Å². The van der Waals surface area contributed by atoms with Crippen molar-refractivity contribution in [2.45, 2.75) is 20.3 Å².